The number of Topliss-reactive ketones (excluding diaryl/α,β-unsaturated/α-hetero) is 1. The summed E-state index contributed by atoms with van der Waals surface area (Å²) in [4.78, 5) is 12.5. The zero-order valence-electron chi connectivity index (χ0n) is 16.2. The second-order valence-corrected chi connectivity index (χ2v) is 7.31. The molecule has 0 bridgehead atoms. The van der Waals surface area contributed by atoms with E-state index in [0.29, 0.717) is 0 Å². The number of hydrogen-bond acceptors (Lipinski definition) is 4. The first-order valence-electron chi connectivity index (χ1n) is 9.19. The van der Waals surface area contributed by atoms with Crippen LogP contribution in [0.5, 0.6) is 11.5 Å². The van der Waals surface area contributed by atoms with Gasteiger partial charge in [0.15, 0.2) is 11.4 Å². The molecule has 1 aliphatic heterocycles. The molecule has 1 saturated carbocycles. The Kier molecular flexibility index (Phi) is 4.02. The van der Waals surface area contributed by atoms with E-state index in [0.717, 1.165) is 46.8 Å². The molecule has 4 nitrogen and oxygen atoms in total. The van der Waals surface area contributed by atoms with Crippen LogP contribution in [0.1, 0.15) is 37.8 Å². The Balaban J connectivity index is 1.93. The minimum Gasteiger partial charge on any atom is -0.497 e. The fourth-order valence-electron chi connectivity index (χ4n) is 4.69. The Morgan fingerprint density at radius 1 is 0.889 bits per heavy atom. The normalized spacial score (nSPS) is 19.0. The quantitative estimate of drug-likeness (QED) is 0.776. The zero-order chi connectivity index (χ0) is 19.2. The molecule has 1 fully saturated rings. The van der Waals surface area contributed by atoms with Crippen LogP contribution in [0, 0.1) is 5.41 Å². The maximum Gasteiger partial charge on any atom is 0.168 e. The molecule has 1 spiro atoms. The van der Waals surface area contributed by atoms with E-state index >= 15 is 0 Å². The smallest absolute Gasteiger partial charge is 0.168 e. The summed E-state index contributed by atoms with van der Waals surface area (Å²) in [6, 6.07) is 15.9. The van der Waals surface area contributed by atoms with Gasteiger partial charge in [-0.2, -0.15) is 0 Å². The van der Waals surface area contributed by atoms with Gasteiger partial charge in [-0.05, 0) is 51.0 Å². The van der Waals surface area contributed by atoms with Gasteiger partial charge in [0.1, 0.15) is 17.3 Å². The summed E-state index contributed by atoms with van der Waals surface area (Å²) in [5.41, 5.74) is 1.86. The average Bonchev–Trinajstić information content (AvgIpc) is 3.42. The highest BCUT2D eigenvalue weighted by atomic mass is 16.5. The molecule has 0 radical (unpaired) electrons. The molecule has 1 heterocycles. The summed E-state index contributed by atoms with van der Waals surface area (Å²) in [6.45, 7) is 3.55. The lowest BCUT2D eigenvalue weighted by atomic mass is 9.70. The first-order valence-corrected chi connectivity index (χ1v) is 9.19. The van der Waals surface area contributed by atoms with E-state index in [1.807, 2.05) is 55.5 Å². The predicted octanol–water partition coefficient (Wildman–Crippen LogP) is 4.62. The Hall–Kier alpha value is -2.75. The van der Waals surface area contributed by atoms with Gasteiger partial charge in [-0.25, -0.2) is 0 Å². The molecule has 0 saturated heterocycles. The Labute approximate surface area is 159 Å². The van der Waals surface area contributed by atoms with Crippen molar-refractivity contribution in [3.8, 4) is 11.5 Å². The molecular formula is C23H24O4. The van der Waals surface area contributed by atoms with Gasteiger partial charge in [-0.1, -0.05) is 24.3 Å². The van der Waals surface area contributed by atoms with Crippen molar-refractivity contribution in [2.45, 2.75) is 32.3 Å². The van der Waals surface area contributed by atoms with Crippen LogP contribution < -0.4 is 9.47 Å². The summed E-state index contributed by atoms with van der Waals surface area (Å²) < 4.78 is 17.3. The molecule has 0 aromatic heterocycles. The van der Waals surface area contributed by atoms with Gasteiger partial charge in [0, 0.05) is 16.7 Å². The molecule has 1 aliphatic carbocycles. The first-order chi connectivity index (χ1) is 13.0. The van der Waals surface area contributed by atoms with Crippen LogP contribution in [0.3, 0.4) is 0 Å². The maximum absolute atomic E-state index is 12.5. The number of methoxy groups -OCH3 is 2. The van der Waals surface area contributed by atoms with Gasteiger partial charge >= 0.3 is 0 Å². The highest BCUT2D eigenvalue weighted by Crippen LogP contribution is 2.71. The van der Waals surface area contributed by atoms with E-state index in [2.05, 4.69) is 0 Å². The summed E-state index contributed by atoms with van der Waals surface area (Å²) in [5.74, 6) is 2.41. The highest BCUT2D eigenvalue weighted by Gasteiger charge is 2.69. The summed E-state index contributed by atoms with van der Waals surface area (Å²) in [5, 5.41) is 0. The molecule has 4 heteroatoms. The van der Waals surface area contributed by atoms with E-state index in [9.17, 15) is 4.79 Å². The van der Waals surface area contributed by atoms with Crippen LogP contribution in [0.2, 0.25) is 0 Å². The molecular weight excluding hydrogens is 340 g/mol. The number of ether oxygens (including phenoxy) is 3. The average molecular weight is 364 g/mol. The molecule has 27 heavy (non-hydrogen) atoms. The minimum absolute atomic E-state index is 0.0916. The van der Waals surface area contributed by atoms with Gasteiger partial charge in [0.2, 0.25) is 0 Å². The lowest BCUT2D eigenvalue weighted by molar-refractivity contribution is -0.114. The van der Waals surface area contributed by atoms with Crippen molar-refractivity contribution < 1.29 is 19.0 Å². The van der Waals surface area contributed by atoms with Crippen LogP contribution in [0.15, 0.2) is 59.9 Å². The lowest BCUT2D eigenvalue weighted by Crippen LogP contribution is -2.38. The third-order valence-corrected chi connectivity index (χ3v) is 5.91. The first kappa shape index (κ1) is 17.7. The van der Waals surface area contributed by atoms with Gasteiger partial charge in [-0.15, -0.1) is 0 Å². The van der Waals surface area contributed by atoms with Crippen molar-refractivity contribution in [3.63, 3.8) is 0 Å². The van der Waals surface area contributed by atoms with Gasteiger partial charge in [-0.3, -0.25) is 4.79 Å². The maximum atomic E-state index is 12.5. The number of benzene rings is 2. The fraction of sp³-hybridized carbons (Fsp3) is 0.348. The van der Waals surface area contributed by atoms with Crippen LogP contribution >= 0.6 is 0 Å². The van der Waals surface area contributed by atoms with Crippen LogP contribution in [-0.2, 0) is 15.1 Å². The van der Waals surface area contributed by atoms with Crippen molar-refractivity contribution in [2.75, 3.05) is 14.2 Å². The second kappa shape index (κ2) is 6.15. The molecule has 0 amide bonds. The van der Waals surface area contributed by atoms with E-state index in [1.54, 1.807) is 21.1 Å². The zero-order valence-corrected chi connectivity index (χ0v) is 16.2. The van der Waals surface area contributed by atoms with Crippen LogP contribution in [0.4, 0.5) is 0 Å². The van der Waals surface area contributed by atoms with E-state index in [4.69, 9.17) is 14.2 Å². The molecule has 0 atom stereocenters. The monoisotopic (exact) mass is 364 g/mol. The number of carbonyl (C=O) groups excluding carboxylic acids is 1. The van der Waals surface area contributed by atoms with Gasteiger partial charge in [0.05, 0.1) is 19.6 Å². The third-order valence-electron chi connectivity index (χ3n) is 5.91. The van der Waals surface area contributed by atoms with E-state index in [-0.39, 0.29) is 11.2 Å². The third kappa shape index (κ3) is 2.39. The summed E-state index contributed by atoms with van der Waals surface area (Å²) in [7, 11) is 3.31. The molecule has 2 aromatic rings. The van der Waals surface area contributed by atoms with Gasteiger partial charge in [0.25, 0.3) is 0 Å². The fourth-order valence-corrected chi connectivity index (χ4v) is 4.69. The number of allylic oxidation sites excluding steroid dienone is 1. The molecule has 2 aliphatic rings. The topological polar surface area (TPSA) is 44.8 Å². The van der Waals surface area contributed by atoms with Crippen molar-refractivity contribution in [1.29, 1.82) is 0 Å². The number of hydrogen-bond donors (Lipinski definition) is 0. The number of rotatable bonds is 5. The lowest BCUT2D eigenvalue weighted by Gasteiger charge is -2.37. The molecule has 4 rings (SSSR count). The van der Waals surface area contributed by atoms with Crippen molar-refractivity contribution >= 4 is 5.78 Å². The van der Waals surface area contributed by atoms with Crippen molar-refractivity contribution in [3.05, 3.63) is 71.0 Å². The summed E-state index contributed by atoms with van der Waals surface area (Å²) in [6.07, 6.45) is 1.86. The van der Waals surface area contributed by atoms with E-state index in [1.165, 1.54) is 0 Å². The molecule has 140 valence electrons. The predicted molar refractivity (Wildman–Crippen MR) is 103 cm³/mol. The van der Waals surface area contributed by atoms with Crippen LogP contribution in [-0.4, -0.2) is 20.0 Å². The van der Waals surface area contributed by atoms with Crippen molar-refractivity contribution in [1.82, 2.24) is 0 Å². The Bertz CT molecular complexity index is 855. The number of ketones is 1. The molecule has 0 unspecified atom stereocenters. The van der Waals surface area contributed by atoms with Crippen LogP contribution in [0.25, 0.3) is 0 Å². The summed E-state index contributed by atoms with van der Waals surface area (Å²) >= 11 is 0. The standard InChI is InChI=1S/C23H24O4/c1-15(24)21-16(2)27-23(22(21)13-14-22,17-5-9-19(25-3)10-6-17)18-7-11-20(26-4)12-8-18/h5-12H,13-14H2,1-4H3. The van der Waals surface area contributed by atoms with Crippen molar-refractivity contribution in [2.24, 2.45) is 5.41 Å². The Morgan fingerprint density at radius 3 is 1.67 bits per heavy atom. The van der Waals surface area contributed by atoms with E-state index < -0.39 is 5.60 Å². The second-order valence-electron chi connectivity index (χ2n) is 7.31. The molecule has 2 aromatic carbocycles. The minimum atomic E-state index is -0.712. The molecule has 0 N–H and O–H groups in total. The SMILES string of the molecule is COc1ccc(C2(c3ccc(OC)cc3)OC(C)=C(C(C)=O)C23CC3)cc1. The highest BCUT2D eigenvalue weighted by molar-refractivity contribution is 5.97. The number of carbonyl (C=O) groups is 1. The van der Waals surface area contributed by atoms with Gasteiger partial charge < -0.3 is 14.2 Å². The largest absolute Gasteiger partial charge is 0.497 e. The Morgan fingerprint density at radius 2 is 1.33 bits per heavy atom.